The molecule has 8 nitrogen and oxygen atoms in total. The Balaban J connectivity index is 3.26. The van der Waals surface area contributed by atoms with Crippen LogP contribution in [0.2, 0.25) is 0 Å². The third-order valence-electron chi connectivity index (χ3n) is 1.49. The predicted octanol–water partition coefficient (Wildman–Crippen LogP) is 0.742. The van der Waals surface area contributed by atoms with Gasteiger partial charge in [-0.3, -0.25) is 20.2 Å². The number of nitrogens with zero attached hydrogens (tertiary/aromatic N) is 2. The van der Waals surface area contributed by atoms with Crippen LogP contribution in [0, 0.1) is 20.2 Å². The quantitative estimate of drug-likeness (QED) is 0.465. The van der Waals surface area contributed by atoms with E-state index in [1.165, 1.54) is 0 Å². The first-order valence-corrected chi connectivity index (χ1v) is 4.22. The van der Waals surface area contributed by atoms with E-state index in [0.717, 1.165) is 18.2 Å². The summed E-state index contributed by atoms with van der Waals surface area (Å²) < 4.78 is 14.5. The molecule has 0 heterocycles. The number of nitro benzene ring substituents is 2. The number of thiol groups is 1. The lowest BCUT2D eigenvalue weighted by Crippen LogP contribution is -1.96. The molecule has 0 radical (unpaired) electrons. The molecule has 15 heavy (non-hydrogen) atoms. The third kappa shape index (κ3) is 2.47. The summed E-state index contributed by atoms with van der Waals surface area (Å²) in [6, 6.07) is 2.77. The summed E-state index contributed by atoms with van der Waals surface area (Å²) in [4.78, 5) is 19.2. The van der Waals surface area contributed by atoms with Gasteiger partial charge in [-0.15, -0.1) is 0 Å². The van der Waals surface area contributed by atoms with E-state index >= 15 is 0 Å². The van der Waals surface area contributed by atoms with Crippen molar-refractivity contribution < 1.29 is 18.2 Å². The minimum Gasteiger partial charge on any atom is -0.395 e. The van der Waals surface area contributed by atoms with Gasteiger partial charge in [-0.2, -0.15) is 0 Å². The normalized spacial score (nSPS) is 9.60. The first-order chi connectivity index (χ1) is 7.06. The summed E-state index contributed by atoms with van der Waals surface area (Å²) in [5.74, 6) is -0.290. The Kier molecular flexibility index (Phi) is 3.29. The van der Waals surface area contributed by atoms with Crippen molar-refractivity contribution >= 4 is 23.3 Å². The minimum absolute atomic E-state index is 0.290. The van der Waals surface area contributed by atoms with E-state index in [1.807, 2.05) is 0 Å². The molecular formula is C6H4N2O6S. The van der Waals surface area contributed by atoms with Gasteiger partial charge in [0.05, 0.1) is 15.9 Å². The number of hydrogen-bond donors (Lipinski definition) is 1. The fraction of sp³-hybridized carbons (Fsp3) is 0. The Hall–Kier alpha value is -2.03. The van der Waals surface area contributed by atoms with Gasteiger partial charge in [-0.25, -0.2) is 4.21 Å². The Morgan fingerprint density at radius 3 is 2.33 bits per heavy atom. The van der Waals surface area contributed by atoms with Crippen LogP contribution in [0.4, 0.5) is 11.4 Å². The Morgan fingerprint density at radius 1 is 1.20 bits per heavy atom. The van der Waals surface area contributed by atoms with E-state index in [2.05, 4.69) is 4.18 Å². The highest BCUT2D eigenvalue weighted by Crippen LogP contribution is 2.30. The molecule has 0 spiro atoms. The van der Waals surface area contributed by atoms with Gasteiger partial charge >= 0.3 is 5.69 Å². The number of non-ortho nitro benzene ring substituents is 1. The van der Waals surface area contributed by atoms with Crippen molar-refractivity contribution in [2.24, 2.45) is 0 Å². The zero-order valence-corrected chi connectivity index (χ0v) is 7.92. The standard InChI is InChI=1S/C6H4N2O6S/c9-7(10)4-1-2-6(14-15-13)5(3-4)8(11)12/h1-3,15H. The summed E-state index contributed by atoms with van der Waals surface area (Å²) >= 11 is -0.766. The van der Waals surface area contributed by atoms with Crippen molar-refractivity contribution in [3.8, 4) is 5.75 Å². The lowest BCUT2D eigenvalue weighted by molar-refractivity contribution is -0.394. The van der Waals surface area contributed by atoms with E-state index in [1.54, 1.807) is 0 Å². The van der Waals surface area contributed by atoms with Crippen LogP contribution in [-0.4, -0.2) is 14.1 Å². The van der Waals surface area contributed by atoms with Crippen LogP contribution in [0.1, 0.15) is 0 Å². The van der Waals surface area contributed by atoms with Crippen LogP contribution in [0.3, 0.4) is 0 Å². The van der Waals surface area contributed by atoms with Crippen molar-refractivity contribution in [3.05, 3.63) is 38.4 Å². The largest absolute Gasteiger partial charge is 0.395 e. The molecule has 9 heteroatoms. The number of hydrogen-bond acceptors (Lipinski definition) is 6. The lowest BCUT2D eigenvalue weighted by Gasteiger charge is -1.98. The maximum Gasteiger partial charge on any atom is 0.319 e. The molecule has 0 fully saturated rings. The molecule has 0 amide bonds. The van der Waals surface area contributed by atoms with Gasteiger partial charge in [0.1, 0.15) is 0 Å². The number of rotatable bonds is 4. The second-order valence-electron chi connectivity index (χ2n) is 2.33. The first kappa shape index (κ1) is 11.0. The van der Waals surface area contributed by atoms with Gasteiger partial charge in [-0.1, -0.05) is 0 Å². The van der Waals surface area contributed by atoms with Crippen molar-refractivity contribution in [3.63, 3.8) is 0 Å². The van der Waals surface area contributed by atoms with Gasteiger partial charge in [0, 0.05) is 6.07 Å². The third-order valence-corrected chi connectivity index (χ3v) is 1.76. The van der Waals surface area contributed by atoms with E-state index in [9.17, 15) is 24.4 Å². The lowest BCUT2D eigenvalue weighted by atomic mass is 10.2. The highest BCUT2D eigenvalue weighted by atomic mass is 32.2. The monoisotopic (exact) mass is 232 g/mol. The van der Waals surface area contributed by atoms with Crippen LogP contribution in [0.25, 0.3) is 0 Å². The molecule has 0 N–H and O–H groups in total. The minimum atomic E-state index is -0.854. The van der Waals surface area contributed by atoms with Crippen molar-refractivity contribution in [1.29, 1.82) is 0 Å². The predicted molar refractivity (Wildman–Crippen MR) is 49.9 cm³/mol. The van der Waals surface area contributed by atoms with Crippen molar-refractivity contribution in [2.45, 2.75) is 0 Å². The zero-order chi connectivity index (χ0) is 11.4. The fourth-order valence-electron chi connectivity index (χ4n) is 0.879. The molecule has 0 aromatic heterocycles. The van der Waals surface area contributed by atoms with Gasteiger partial charge in [-0.05, 0) is 6.07 Å². The molecular weight excluding hydrogens is 228 g/mol. The second kappa shape index (κ2) is 4.46. The Bertz CT molecular complexity index is 434. The van der Waals surface area contributed by atoms with E-state index in [-0.39, 0.29) is 5.75 Å². The maximum absolute atomic E-state index is 10.5. The van der Waals surface area contributed by atoms with Crippen molar-refractivity contribution in [1.82, 2.24) is 0 Å². The first-order valence-electron chi connectivity index (χ1n) is 3.48. The summed E-state index contributed by atoms with van der Waals surface area (Å²) in [6.45, 7) is 0. The topological polar surface area (TPSA) is 113 Å². The summed E-state index contributed by atoms with van der Waals surface area (Å²) in [7, 11) is 0. The molecule has 0 unspecified atom stereocenters. The van der Waals surface area contributed by atoms with Gasteiger partial charge in [0.25, 0.3) is 5.69 Å². The van der Waals surface area contributed by atoms with E-state index in [4.69, 9.17) is 0 Å². The van der Waals surface area contributed by atoms with Gasteiger partial charge in [0.15, 0.2) is 11.9 Å². The van der Waals surface area contributed by atoms with Crippen LogP contribution < -0.4 is 4.18 Å². The summed E-state index contributed by atoms with van der Waals surface area (Å²) in [5.41, 5.74) is -1.04. The second-order valence-corrected chi connectivity index (χ2v) is 2.66. The fourth-order valence-corrected chi connectivity index (χ4v) is 1.11. The molecule has 1 aromatic rings. The van der Waals surface area contributed by atoms with Crippen molar-refractivity contribution in [2.75, 3.05) is 0 Å². The van der Waals surface area contributed by atoms with Crippen LogP contribution in [0.5, 0.6) is 5.75 Å². The molecule has 0 bridgehead atoms. The molecule has 0 aliphatic rings. The molecule has 80 valence electrons. The maximum atomic E-state index is 10.5. The number of nitro groups is 2. The summed E-state index contributed by atoms with van der Waals surface area (Å²) in [5, 5.41) is 20.8. The molecule has 0 aliphatic carbocycles. The average molecular weight is 232 g/mol. The Morgan fingerprint density at radius 2 is 1.87 bits per heavy atom. The molecule has 0 atom stereocenters. The average Bonchev–Trinajstić information content (AvgIpc) is 2.18. The molecule has 1 aromatic carbocycles. The molecule has 0 saturated carbocycles. The highest BCUT2D eigenvalue weighted by molar-refractivity contribution is 7.60. The van der Waals surface area contributed by atoms with Crippen LogP contribution >= 0.6 is 0 Å². The smallest absolute Gasteiger partial charge is 0.319 e. The summed E-state index contributed by atoms with van der Waals surface area (Å²) in [6.07, 6.45) is 0. The van der Waals surface area contributed by atoms with Crippen LogP contribution in [0.15, 0.2) is 18.2 Å². The molecule has 0 aliphatic heterocycles. The molecule has 1 rings (SSSR count). The van der Waals surface area contributed by atoms with Gasteiger partial charge < -0.3 is 4.18 Å². The highest BCUT2D eigenvalue weighted by Gasteiger charge is 2.20. The SMILES string of the molecule is O=[SH]Oc1ccc([N+](=O)[O-])cc1[N+](=O)[O-]. The van der Waals surface area contributed by atoms with Gasteiger partial charge in [0.2, 0.25) is 5.75 Å². The molecule has 0 saturated heterocycles. The number of benzene rings is 1. The van der Waals surface area contributed by atoms with E-state index in [0.29, 0.717) is 0 Å². The van der Waals surface area contributed by atoms with E-state index < -0.39 is 33.2 Å². The Labute approximate surface area is 86.5 Å². The zero-order valence-electron chi connectivity index (χ0n) is 7.02. The van der Waals surface area contributed by atoms with Crippen LogP contribution in [-0.2, 0) is 11.9 Å².